The summed E-state index contributed by atoms with van der Waals surface area (Å²) in [6.45, 7) is 9.75. The van der Waals surface area contributed by atoms with Crippen molar-refractivity contribution in [2.45, 2.75) is 77.9 Å². The van der Waals surface area contributed by atoms with Crippen LogP contribution in [0.1, 0.15) is 66.7 Å². The van der Waals surface area contributed by atoms with Crippen LogP contribution in [0.3, 0.4) is 0 Å². The molecule has 1 aliphatic rings. The predicted octanol–water partition coefficient (Wildman–Crippen LogP) is 3.67. The third-order valence-electron chi connectivity index (χ3n) is 4.19. The van der Waals surface area contributed by atoms with Gasteiger partial charge in [0.25, 0.3) is 0 Å². The Hall–Kier alpha value is -1.26. The van der Waals surface area contributed by atoms with Gasteiger partial charge in [-0.1, -0.05) is 26.7 Å². The Bertz CT molecular complexity index is 388. The molecule has 0 aromatic heterocycles. The normalized spacial score (nSPS) is 25.7. The van der Waals surface area contributed by atoms with Crippen molar-refractivity contribution in [3.05, 3.63) is 0 Å². The largest absolute Gasteiger partial charge is 0.479 e. The van der Waals surface area contributed by atoms with Crippen LogP contribution in [0.5, 0.6) is 0 Å². The Morgan fingerprint density at radius 2 is 1.95 bits per heavy atom. The smallest absolute Gasteiger partial charge is 0.411 e. The number of hydrogen-bond donors (Lipinski definition) is 1. The van der Waals surface area contributed by atoms with Crippen LogP contribution in [0.25, 0.3) is 0 Å². The van der Waals surface area contributed by atoms with Crippen LogP contribution >= 0.6 is 0 Å². The molecule has 0 saturated heterocycles. The van der Waals surface area contributed by atoms with Crippen LogP contribution < -0.4 is 0 Å². The lowest BCUT2D eigenvalue weighted by Gasteiger charge is -2.42. The van der Waals surface area contributed by atoms with Gasteiger partial charge in [0.2, 0.25) is 0 Å². The number of carboxylic acids is 1. The van der Waals surface area contributed by atoms with Crippen LogP contribution in [-0.2, 0) is 9.53 Å². The van der Waals surface area contributed by atoms with E-state index in [0.717, 1.165) is 19.3 Å². The maximum atomic E-state index is 12.5. The zero-order valence-corrected chi connectivity index (χ0v) is 13.9. The van der Waals surface area contributed by atoms with Gasteiger partial charge in [0.15, 0.2) is 0 Å². The van der Waals surface area contributed by atoms with Crippen molar-refractivity contribution in [3.8, 4) is 0 Å². The highest BCUT2D eigenvalue weighted by Crippen LogP contribution is 2.43. The highest BCUT2D eigenvalue weighted by atomic mass is 16.6. The molecule has 1 rings (SSSR count). The minimum Gasteiger partial charge on any atom is -0.479 e. The fourth-order valence-electron chi connectivity index (χ4n) is 3.35. The quantitative estimate of drug-likeness (QED) is 0.841. The lowest BCUT2D eigenvalue weighted by Crippen LogP contribution is -2.60. The van der Waals surface area contributed by atoms with E-state index >= 15 is 0 Å². The van der Waals surface area contributed by atoms with Gasteiger partial charge in [-0.05, 0) is 46.0 Å². The molecular formula is C16H29NO4. The highest BCUT2D eigenvalue weighted by molar-refractivity contribution is 5.85. The SMILES string of the molecule is CCCN(C(=O)OC(C)(C)C)C1(C(=O)O)CCCC1CC. The lowest BCUT2D eigenvalue weighted by molar-refractivity contribution is -0.154. The summed E-state index contributed by atoms with van der Waals surface area (Å²) in [4.78, 5) is 26.1. The second kappa shape index (κ2) is 6.67. The number of aliphatic carboxylic acids is 1. The topological polar surface area (TPSA) is 66.8 Å². The Labute approximate surface area is 127 Å². The van der Waals surface area contributed by atoms with Gasteiger partial charge < -0.3 is 9.84 Å². The van der Waals surface area contributed by atoms with E-state index in [9.17, 15) is 14.7 Å². The van der Waals surface area contributed by atoms with E-state index in [4.69, 9.17) is 4.74 Å². The van der Waals surface area contributed by atoms with Gasteiger partial charge in [-0.15, -0.1) is 0 Å². The molecule has 1 fully saturated rings. The Morgan fingerprint density at radius 1 is 1.33 bits per heavy atom. The zero-order chi connectivity index (χ0) is 16.3. The molecule has 122 valence electrons. The minimum absolute atomic E-state index is 0.00549. The number of ether oxygens (including phenoxy) is 1. The van der Waals surface area contributed by atoms with Crippen LogP contribution in [-0.4, -0.2) is 39.8 Å². The van der Waals surface area contributed by atoms with Crippen molar-refractivity contribution >= 4 is 12.1 Å². The predicted molar refractivity (Wildman–Crippen MR) is 81.2 cm³/mol. The molecule has 0 aromatic carbocycles. The first kappa shape index (κ1) is 17.8. The maximum absolute atomic E-state index is 12.5. The molecule has 0 bridgehead atoms. The molecule has 0 aliphatic heterocycles. The summed E-state index contributed by atoms with van der Waals surface area (Å²) < 4.78 is 5.46. The summed E-state index contributed by atoms with van der Waals surface area (Å²) in [5, 5.41) is 9.86. The van der Waals surface area contributed by atoms with Gasteiger partial charge in [-0.2, -0.15) is 0 Å². The summed E-state index contributed by atoms with van der Waals surface area (Å²) in [6, 6.07) is 0. The first-order valence-electron chi connectivity index (χ1n) is 7.93. The standard InChI is InChI=1S/C16H29NO4/c1-6-11-17(14(20)21-15(3,4)5)16(13(18)19)10-8-9-12(16)7-2/h12H,6-11H2,1-5H3,(H,18,19). The second-order valence-corrected chi connectivity index (χ2v) is 6.86. The number of hydrogen-bond acceptors (Lipinski definition) is 3. The third-order valence-corrected chi connectivity index (χ3v) is 4.19. The Kier molecular flexibility index (Phi) is 5.65. The molecule has 2 atom stereocenters. The molecule has 5 heteroatoms. The van der Waals surface area contributed by atoms with E-state index in [1.807, 2.05) is 13.8 Å². The van der Waals surface area contributed by atoms with Gasteiger partial charge in [0, 0.05) is 6.54 Å². The number of nitrogens with zero attached hydrogens (tertiary/aromatic N) is 1. The summed E-state index contributed by atoms with van der Waals surface area (Å²) in [6.07, 6.45) is 3.17. The third kappa shape index (κ3) is 3.69. The van der Waals surface area contributed by atoms with E-state index < -0.39 is 23.2 Å². The molecule has 0 spiro atoms. The molecule has 1 saturated carbocycles. The fourth-order valence-corrected chi connectivity index (χ4v) is 3.35. The molecule has 21 heavy (non-hydrogen) atoms. The monoisotopic (exact) mass is 299 g/mol. The Balaban J connectivity index is 3.15. The minimum atomic E-state index is -1.10. The van der Waals surface area contributed by atoms with E-state index in [1.165, 1.54) is 4.90 Å². The van der Waals surface area contributed by atoms with Crippen LogP contribution in [0, 0.1) is 5.92 Å². The first-order chi connectivity index (χ1) is 9.69. The summed E-state index contributed by atoms with van der Waals surface area (Å²) in [5.41, 5.74) is -1.73. The van der Waals surface area contributed by atoms with Crippen molar-refractivity contribution in [3.63, 3.8) is 0 Å². The van der Waals surface area contributed by atoms with Crippen molar-refractivity contribution in [1.82, 2.24) is 4.90 Å². The molecular weight excluding hydrogens is 270 g/mol. The number of carboxylic acid groups (broad SMARTS) is 1. The number of carbonyl (C=O) groups excluding carboxylic acids is 1. The Morgan fingerprint density at radius 3 is 2.38 bits per heavy atom. The summed E-state index contributed by atoms with van der Waals surface area (Å²) in [5.74, 6) is -0.903. The van der Waals surface area contributed by atoms with Gasteiger partial charge in [-0.25, -0.2) is 9.59 Å². The number of carbonyl (C=O) groups is 2. The molecule has 0 heterocycles. The van der Waals surface area contributed by atoms with Gasteiger partial charge in [0.1, 0.15) is 11.1 Å². The van der Waals surface area contributed by atoms with Crippen molar-refractivity contribution in [1.29, 1.82) is 0 Å². The maximum Gasteiger partial charge on any atom is 0.411 e. The van der Waals surface area contributed by atoms with Crippen LogP contribution in [0.4, 0.5) is 4.79 Å². The van der Waals surface area contributed by atoms with E-state index in [2.05, 4.69) is 0 Å². The van der Waals surface area contributed by atoms with Crippen molar-refractivity contribution in [2.75, 3.05) is 6.54 Å². The average molecular weight is 299 g/mol. The number of rotatable bonds is 5. The van der Waals surface area contributed by atoms with Crippen molar-refractivity contribution in [2.24, 2.45) is 5.92 Å². The average Bonchev–Trinajstić information content (AvgIpc) is 2.78. The molecule has 5 nitrogen and oxygen atoms in total. The van der Waals surface area contributed by atoms with Gasteiger partial charge in [-0.3, -0.25) is 4.90 Å². The lowest BCUT2D eigenvalue weighted by atomic mass is 9.83. The zero-order valence-electron chi connectivity index (χ0n) is 13.9. The summed E-state index contributed by atoms with van der Waals surface area (Å²) in [7, 11) is 0. The van der Waals surface area contributed by atoms with Gasteiger partial charge >= 0.3 is 12.1 Å². The molecule has 0 radical (unpaired) electrons. The second-order valence-electron chi connectivity index (χ2n) is 6.86. The highest BCUT2D eigenvalue weighted by Gasteiger charge is 2.55. The van der Waals surface area contributed by atoms with Crippen molar-refractivity contribution < 1.29 is 19.4 Å². The summed E-state index contributed by atoms with van der Waals surface area (Å²) >= 11 is 0. The molecule has 1 N–H and O–H groups in total. The molecule has 1 amide bonds. The van der Waals surface area contributed by atoms with E-state index in [1.54, 1.807) is 20.8 Å². The molecule has 0 aromatic rings. The van der Waals surface area contributed by atoms with E-state index in [0.29, 0.717) is 19.4 Å². The van der Waals surface area contributed by atoms with Gasteiger partial charge in [0.05, 0.1) is 0 Å². The fraction of sp³-hybridized carbons (Fsp3) is 0.875. The van der Waals surface area contributed by atoms with E-state index in [-0.39, 0.29) is 5.92 Å². The number of amides is 1. The first-order valence-corrected chi connectivity index (χ1v) is 7.93. The molecule has 1 aliphatic carbocycles. The van der Waals surface area contributed by atoms with Crippen LogP contribution in [0.2, 0.25) is 0 Å². The van der Waals surface area contributed by atoms with Crippen LogP contribution in [0.15, 0.2) is 0 Å². The molecule has 2 unspecified atom stereocenters.